The van der Waals surface area contributed by atoms with Gasteiger partial charge in [0.25, 0.3) is 0 Å². The van der Waals surface area contributed by atoms with Crippen molar-refractivity contribution in [2.45, 2.75) is 58.4 Å². The summed E-state index contributed by atoms with van der Waals surface area (Å²) in [7, 11) is 2.08. The number of nitrogens with zero attached hydrogens (tertiary/aromatic N) is 1. The van der Waals surface area contributed by atoms with E-state index in [0.29, 0.717) is 0 Å². The van der Waals surface area contributed by atoms with E-state index >= 15 is 0 Å². The molecule has 0 bridgehead atoms. The van der Waals surface area contributed by atoms with Gasteiger partial charge in [0.1, 0.15) is 0 Å². The van der Waals surface area contributed by atoms with Crippen LogP contribution >= 0.6 is 0 Å². The van der Waals surface area contributed by atoms with Crippen molar-refractivity contribution in [3.05, 3.63) is 0 Å². The Kier molecular flexibility index (Phi) is 5.50. The van der Waals surface area contributed by atoms with Crippen molar-refractivity contribution >= 4 is 0 Å². The average molecular weight is 252 g/mol. The Morgan fingerprint density at radius 1 is 1.11 bits per heavy atom. The van der Waals surface area contributed by atoms with E-state index < -0.39 is 0 Å². The fourth-order valence-electron chi connectivity index (χ4n) is 3.99. The van der Waals surface area contributed by atoms with Crippen LogP contribution in [0.2, 0.25) is 0 Å². The molecule has 1 heterocycles. The molecule has 3 atom stereocenters. The van der Waals surface area contributed by atoms with Crippen molar-refractivity contribution in [1.29, 1.82) is 0 Å². The molecule has 2 rings (SSSR count). The van der Waals surface area contributed by atoms with Crippen LogP contribution < -0.4 is 5.32 Å². The molecule has 2 aliphatic rings. The van der Waals surface area contributed by atoms with Gasteiger partial charge in [-0.2, -0.15) is 0 Å². The minimum atomic E-state index is 0.888. The minimum absolute atomic E-state index is 0.888. The summed E-state index contributed by atoms with van der Waals surface area (Å²) >= 11 is 0. The molecule has 18 heavy (non-hydrogen) atoms. The Balaban J connectivity index is 1.80. The van der Waals surface area contributed by atoms with Crippen LogP contribution in [0.25, 0.3) is 0 Å². The van der Waals surface area contributed by atoms with Crippen LogP contribution in [0.3, 0.4) is 0 Å². The Morgan fingerprint density at radius 3 is 2.67 bits per heavy atom. The summed E-state index contributed by atoms with van der Waals surface area (Å²) in [5.74, 6) is 2.78. The maximum atomic E-state index is 3.34. The smallest absolute Gasteiger partial charge is 0.00954 e. The monoisotopic (exact) mass is 252 g/mol. The lowest BCUT2D eigenvalue weighted by molar-refractivity contribution is 0.209. The topological polar surface area (TPSA) is 15.3 Å². The highest BCUT2D eigenvalue weighted by atomic mass is 15.2. The Labute approximate surface area is 114 Å². The van der Waals surface area contributed by atoms with Gasteiger partial charge in [0, 0.05) is 12.6 Å². The highest BCUT2D eigenvalue weighted by molar-refractivity contribution is 4.85. The van der Waals surface area contributed by atoms with Crippen molar-refractivity contribution in [1.82, 2.24) is 10.2 Å². The third kappa shape index (κ3) is 3.71. The first-order chi connectivity index (χ1) is 8.70. The molecule has 3 unspecified atom stereocenters. The molecule has 2 heteroatoms. The van der Waals surface area contributed by atoms with Crippen LogP contribution in [-0.2, 0) is 0 Å². The Hall–Kier alpha value is -0.0800. The highest BCUT2D eigenvalue weighted by Crippen LogP contribution is 2.32. The van der Waals surface area contributed by atoms with E-state index in [2.05, 4.69) is 31.1 Å². The maximum absolute atomic E-state index is 3.34. The van der Waals surface area contributed by atoms with Crippen molar-refractivity contribution in [2.24, 2.45) is 17.8 Å². The lowest BCUT2D eigenvalue weighted by Gasteiger charge is -2.27. The Bertz CT molecular complexity index is 239. The largest absolute Gasteiger partial charge is 0.319 e. The zero-order chi connectivity index (χ0) is 13.0. The van der Waals surface area contributed by atoms with Gasteiger partial charge in [0.05, 0.1) is 0 Å². The van der Waals surface area contributed by atoms with Gasteiger partial charge in [-0.05, 0) is 63.6 Å². The number of hydrogen-bond donors (Lipinski definition) is 1. The molecule has 1 saturated heterocycles. The third-order valence-corrected chi connectivity index (χ3v) is 5.25. The van der Waals surface area contributed by atoms with E-state index in [1.807, 2.05) is 0 Å². The molecule has 1 aliphatic carbocycles. The quantitative estimate of drug-likeness (QED) is 0.773. The van der Waals surface area contributed by atoms with E-state index in [1.54, 1.807) is 0 Å². The molecule has 2 fully saturated rings. The molecule has 0 aromatic rings. The molecule has 0 amide bonds. The summed E-state index contributed by atoms with van der Waals surface area (Å²) < 4.78 is 0. The molecule has 0 spiro atoms. The fourth-order valence-corrected chi connectivity index (χ4v) is 3.99. The first kappa shape index (κ1) is 14.3. The number of rotatable bonds is 4. The van der Waals surface area contributed by atoms with Gasteiger partial charge in [0.15, 0.2) is 0 Å². The standard InChI is InChI=1S/C16H32N2/c1-13(2)15-5-4-6-16(8-7-15)18-10-9-14(12-18)11-17-3/h13-17H,4-12H2,1-3H3. The molecule has 0 radical (unpaired) electrons. The maximum Gasteiger partial charge on any atom is 0.00954 e. The lowest BCUT2D eigenvalue weighted by Crippen LogP contribution is -2.34. The first-order valence-corrected chi connectivity index (χ1v) is 8.09. The van der Waals surface area contributed by atoms with Crippen LogP contribution in [0.5, 0.6) is 0 Å². The van der Waals surface area contributed by atoms with Crippen LogP contribution in [-0.4, -0.2) is 37.6 Å². The van der Waals surface area contributed by atoms with Crippen molar-refractivity contribution in [3.63, 3.8) is 0 Å². The molecule has 0 aromatic heterocycles. The van der Waals surface area contributed by atoms with Gasteiger partial charge in [-0.15, -0.1) is 0 Å². The molecular formula is C16H32N2. The normalized spacial score (nSPS) is 35.0. The van der Waals surface area contributed by atoms with Crippen molar-refractivity contribution < 1.29 is 0 Å². The summed E-state index contributed by atoms with van der Waals surface area (Å²) in [6.45, 7) is 8.71. The van der Waals surface area contributed by atoms with E-state index in [9.17, 15) is 0 Å². The number of likely N-dealkylation sites (tertiary alicyclic amines) is 1. The van der Waals surface area contributed by atoms with E-state index in [-0.39, 0.29) is 0 Å². The van der Waals surface area contributed by atoms with Gasteiger partial charge < -0.3 is 10.2 Å². The second kappa shape index (κ2) is 6.91. The van der Waals surface area contributed by atoms with Gasteiger partial charge >= 0.3 is 0 Å². The predicted octanol–water partition coefficient (Wildman–Crippen LogP) is 3.13. The summed E-state index contributed by atoms with van der Waals surface area (Å²) in [4.78, 5) is 2.80. The zero-order valence-electron chi connectivity index (χ0n) is 12.6. The predicted molar refractivity (Wildman–Crippen MR) is 78.8 cm³/mol. The van der Waals surface area contributed by atoms with Crippen LogP contribution in [0.15, 0.2) is 0 Å². The van der Waals surface area contributed by atoms with E-state index in [4.69, 9.17) is 0 Å². The molecule has 1 N–H and O–H groups in total. The second-order valence-corrected chi connectivity index (χ2v) is 6.87. The van der Waals surface area contributed by atoms with Gasteiger partial charge in [0.2, 0.25) is 0 Å². The third-order valence-electron chi connectivity index (χ3n) is 5.25. The van der Waals surface area contributed by atoms with Gasteiger partial charge in [-0.25, -0.2) is 0 Å². The summed E-state index contributed by atoms with van der Waals surface area (Å²) in [5.41, 5.74) is 0. The van der Waals surface area contributed by atoms with E-state index in [0.717, 1.165) is 23.8 Å². The highest BCUT2D eigenvalue weighted by Gasteiger charge is 2.30. The van der Waals surface area contributed by atoms with Gasteiger partial charge in [-0.1, -0.05) is 26.7 Å². The molecule has 1 saturated carbocycles. The molecule has 0 aromatic carbocycles. The number of nitrogens with one attached hydrogen (secondary N) is 1. The molecular weight excluding hydrogens is 220 g/mol. The van der Waals surface area contributed by atoms with Crippen LogP contribution in [0, 0.1) is 17.8 Å². The average Bonchev–Trinajstić information content (AvgIpc) is 2.65. The summed E-state index contributed by atoms with van der Waals surface area (Å²) in [5, 5.41) is 3.34. The number of hydrogen-bond acceptors (Lipinski definition) is 2. The first-order valence-electron chi connectivity index (χ1n) is 8.09. The SMILES string of the molecule is CNCC1CCN(C2CCCC(C(C)C)CC2)C1. The fraction of sp³-hybridized carbons (Fsp3) is 1.00. The minimum Gasteiger partial charge on any atom is -0.319 e. The lowest BCUT2D eigenvalue weighted by atomic mass is 9.89. The summed E-state index contributed by atoms with van der Waals surface area (Å²) in [6.07, 6.45) is 8.72. The van der Waals surface area contributed by atoms with Crippen molar-refractivity contribution in [2.75, 3.05) is 26.7 Å². The Morgan fingerprint density at radius 2 is 1.94 bits per heavy atom. The van der Waals surface area contributed by atoms with Crippen LogP contribution in [0.1, 0.15) is 52.4 Å². The summed E-state index contributed by atoms with van der Waals surface area (Å²) in [6, 6.07) is 0.899. The van der Waals surface area contributed by atoms with E-state index in [1.165, 1.54) is 58.2 Å². The molecule has 1 aliphatic heterocycles. The van der Waals surface area contributed by atoms with Crippen molar-refractivity contribution in [3.8, 4) is 0 Å². The van der Waals surface area contributed by atoms with Crippen LogP contribution in [0.4, 0.5) is 0 Å². The second-order valence-electron chi connectivity index (χ2n) is 6.87. The van der Waals surface area contributed by atoms with Gasteiger partial charge in [-0.3, -0.25) is 0 Å². The molecule has 2 nitrogen and oxygen atoms in total. The molecule has 106 valence electrons. The zero-order valence-corrected chi connectivity index (χ0v) is 12.6.